The van der Waals surface area contributed by atoms with Crippen molar-refractivity contribution in [3.63, 3.8) is 0 Å². The van der Waals surface area contributed by atoms with Gasteiger partial charge in [0, 0.05) is 5.57 Å². The summed E-state index contributed by atoms with van der Waals surface area (Å²) in [6.45, 7) is 4.44. The fourth-order valence-electron chi connectivity index (χ4n) is 3.47. The molecule has 0 atom stereocenters. The minimum atomic E-state index is 0.852. The second-order valence-electron chi connectivity index (χ2n) is 6.96. The standard InChI is InChI=1S/C25H32O/c1-3-5-8-14-21-15-12-13-19-24(21)25(22-16-10-7-11-17-22)23(20-26)18-9-6-4-2/h7,10-13,15-17,19-20H,3-6,8-9,14,18H2,1-2H3. The number of rotatable bonds is 11. The van der Waals surface area contributed by atoms with Gasteiger partial charge in [-0.25, -0.2) is 0 Å². The van der Waals surface area contributed by atoms with Gasteiger partial charge in [-0.2, -0.15) is 0 Å². The zero-order chi connectivity index (χ0) is 18.6. The number of hydrogen-bond donors (Lipinski definition) is 0. The van der Waals surface area contributed by atoms with Crippen LogP contribution in [0.25, 0.3) is 5.57 Å². The van der Waals surface area contributed by atoms with E-state index in [2.05, 4.69) is 62.4 Å². The molecule has 2 aromatic rings. The van der Waals surface area contributed by atoms with E-state index in [1.165, 1.54) is 36.8 Å². The van der Waals surface area contributed by atoms with E-state index in [9.17, 15) is 4.79 Å². The highest BCUT2D eigenvalue weighted by Crippen LogP contribution is 2.31. The third kappa shape index (κ3) is 5.69. The van der Waals surface area contributed by atoms with Crippen molar-refractivity contribution in [2.45, 2.75) is 65.2 Å². The van der Waals surface area contributed by atoms with Gasteiger partial charge in [0.05, 0.1) is 0 Å². The molecule has 1 nitrogen and oxygen atoms in total. The maximum atomic E-state index is 12.0. The molecule has 0 saturated heterocycles. The molecule has 0 bridgehead atoms. The van der Waals surface area contributed by atoms with Gasteiger partial charge in [0.1, 0.15) is 6.29 Å². The summed E-state index contributed by atoms with van der Waals surface area (Å²) < 4.78 is 0. The maximum Gasteiger partial charge on any atom is 0.146 e. The first-order valence-electron chi connectivity index (χ1n) is 10.1. The quantitative estimate of drug-likeness (QED) is 0.243. The van der Waals surface area contributed by atoms with Gasteiger partial charge < -0.3 is 0 Å². The molecule has 0 aliphatic rings. The highest BCUT2D eigenvalue weighted by molar-refractivity contribution is 5.95. The minimum absolute atomic E-state index is 0.852. The zero-order valence-electron chi connectivity index (χ0n) is 16.3. The van der Waals surface area contributed by atoms with Crippen LogP contribution in [0.1, 0.15) is 75.5 Å². The molecule has 0 spiro atoms. The summed E-state index contributed by atoms with van der Waals surface area (Å²) in [7, 11) is 0. The fraction of sp³-hybridized carbons (Fsp3) is 0.400. The topological polar surface area (TPSA) is 17.1 Å². The van der Waals surface area contributed by atoms with Crippen LogP contribution in [-0.2, 0) is 11.2 Å². The SMILES string of the molecule is CCCCCC(C=O)=C(c1ccccc1)c1ccccc1CCCCC. The van der Waals surface area contributed by atoms with E-state index in [1.807, 2.05) is 6.07 Å². The molecular weight excluding hydrogens is 316 g/mol. The smallest absolute Gasteiger partial charge is 0.146 e. The van der Waals surface area contributed by atoms with Gasteiger partial charge in [-0.05, 0) is 47.9 Å². The highest BCUT2D eigenvalue weighted by Gasteiger charge is 2.14. The van der Waals surface area contributed by atoms with Crippen molar-refractivity contribution in [2.75, 3.05) is 0 Å². The molecule has 0 saturated carbocycles. The lowest BCUT2D eigenvalue weighted by atomic mass is 9.87. The Morgan fingerprint density at radius 1 is 0.808 bits per heavy atom. The van der Waals surface area contributed by atoms with Gasteiger partial charge >= 0.3 is 0 Å². The summed E-state index contributed by atoms with van der Waals surface area (Å²) in [5.41, 5.74) is 5.80. The van der Waals surface area contributed by atoms with E-state index in [-0.39, 0.29) is 0 Å². The average Bonchev–Trinajstić information content (AvgIpc) is 2.69. The van der Waals surface area contributed by atoms with Gasteiger partial charge in [-0.15, -0.1) is 0 Å². The third-order valence-corrected chi connectivity index (χ3v) is 4.91. The van der Waals surface area contributed by atoms with Crippen molar-refractivity contribution in [3.8, 4) is 0 Å². The van der Waals surface area contributed by atoms with E-state index in [4.69, 9.17) is 0 Å². The Kier molecular flexibility index (Phi) is 8.89. The Hall–Kier alpha value is -2.15. The lowest BCUT2D eigenvalue weighted by Crippen LogP contribution is -2.01. The summed E-state index contributed by atoms with van der Waals surface area (Å²) >= 11 is 0. The van der Waals surface area contributed by atoms with Gasteiger partial charge in [-0.1, -0.05) is 94.1 Å². The Balaban J connectivity index is 2.49. The van der Waals surface area contributed by atoms with Crippen LogP contribution in [0.5, 0.6) is 0 Å². The fourth-order valence-corrected chi connectivity index (χ4v) is 3.47. The number of aryl methyl sites for hydroxylation is 1. The van der Waals surface area contributed by atoms with E-state index < -0.39 is 0 Å². The normalized spacial score (nSPS) is 11.9. The van der Waals surface area contributed by atoms with Gasteiger partial charge in [-0.3, -0.25) is 4.79 Å². The summed E-state index contributed by atoms with van der Waals surface area (Å²) in [5, 5.41) is 0. The van der Waals surface area contributed by atoms with Crippen LogP contribution in [0, 0.1) is 0 Å². The van der Waals surface area contributed by atoms with Gasteiger partial charge in [0.25, 0.3) is 0 Å². The number of benzene rings is 2. The first-order valence-corrected chi connectivity index (χ1v) is 10.1. The third-order valence-electron chi connectivity index (χ3n) is 4.91. The number of carbonyl (C=O) groups excluding carboxylic acids is 1. The molecule has 0 aliphatic carbocycles. The molecule has 0 fully saturated rings. The van der Waals surface area contributed by atoms with E-state index in [1.54, 1.807) is 0 Å². The number of unbranched alkanes of at least 4 members (excludes halogenated alkanes) is 4. The molecule has 1 heteroatoms. The van der Waals surface area contributed by atoms with E-state index in [0.29, 0.717) is 0 Å². The second kappa shape index (κ2) is 11.5. The second-order valence-corrected chi connectivity index (χ2v) is 6.96. The Morgan fingerprint density at radius 3 is 2.15 bits per heavy atom. The predicted molar refractivity (Wildman–Crippen MR) is 112 cm³/mol. The summed E-state index contributed by atoms with van der Waals surface area (Å²) in [4.78, 5) is 12.0. The van der Waals surface area contributed by atoms with Gasteiger partial charge in [0.15, 0.2) is 0 Å². The molecule has 2 aromatic carbocycles. The molecular formula is C25H32O. The minimum Gasteiger partial charge on any atom is -0.298 e. The molecule has 0 unspecified atom stereocenters. The van der Waals surface area contributed by atoms with E-state index in [0.717, 1.165) is 48.7 Å². The van der Waals surface area contributed by atoms with Crippen LogP contribution in [0.2, 0.25) is 0 Å². The Morgan fingerprint density at radius 2 is 1.46 bits per heavy atom. The van der Waals surface area contributed by atoms with E-state index >= 15 is 0 Å². The Labute approximate surface area is 159 Å². The Bertz CT molecular complexity index is 697. The van der Waals surface area contributed by atoms with Crippen molar-refractivity contribution in [1.29, 1.82) is 0 Å². The monoisotopic (exact) mass is 348 g/mol. The van der Waals surface area contributed by atoms with Crippen LogP contribution in [0.4, 0.5) is 0 Å². The lowest BCUT2D eigenvalue weighted by Gasteiger charge is -2.17. The van der Waals surface area contributed by atoms with Crippen molar-refractivity contribution in [2.24, 2.45) is 0 Å². The van der Waals surface area contributed by atoms with Crippen LogP contribution in [0.15, 0.2) is 60.2 Å². The number of allylic oxidation sites excluding steroid dienone is 1. The molecule has 0 amide bonds. The van der Waals surface area contributed by atoms with Gasteiger partial charge in [0.2, 0.25) is 0 Å². The molecule has 0 aliphatic heterocycles. The summed E-state index contributed by atoms with van der Waals surface area (Å²) in [6, 6.07) is 19.0. The summed E-state index contributed by atoms with van der Waals surface area (Å²) in [5.74, 6) is 0. The largest absolute Gasteiger partial charge is 0.298 e. The molecule has 0 heterocycles. The van der Waals surface area contributed by atoms with Crippen LogP contribution >= 0.6 is 0 Å². The average molecular weight is 349 g/mol. The first-order chi connectivity index (χ1) is 12.8. The molecule has 26 heavy (non-hydrogen) atoms. The van der Waals surface area contributed by atoms with Crippen molar-refractivity contribution in [3.05, 3.63) is 76.9 Å². The summed E-state index contributed by atoms with van der Waals surface area (Å²) in [6.07, 6.45) is 10.1. The van der Waals surface area contributed by atoms with Crippen molar-refractivity contribution in [1.82, 2.24) is 0 Å². The maximum absolute atomic E-state index is 12.0. The molecule has 0 N–H and O–H groups in total. The van der Waals surface area contributed by atoms with Crippen molar-refractivity contribution >= 4 is 11.9 Å². The zero-order valence-corrected chi connectivity index (χ0v) is 16.3. The van der Waals surface area contributed by atoms with Crippen molar-refractivity contribution < 1.29 is 4.79 Å². The van der Waals surface area contributed by atoms with Crippen LogP contribution in [0.3, 0.4) is 0 Å². The molecule has 0 radical (unpaired) electrons. The van der Waals surface area contributed by atoms with Crippen LogP contribution in [-0.4, -0.2) is 6.29 Å². The van der Waals surface area contributed by atoms with Crippen LogP contribution < -0.4 is 0 Å². The number of aldehydes is 1. The predicted octanol–water partition coefficient (Wildman–Crippen LogP) is 7.00. The molecule has 138 valence electrons. The molecule has 2 rings (SSSR count). The number of carbonyl (C=O) groups is 1. The number of hydrogen-bond acceptors (Lipinski definition) is 1. The highest BCUT2D eigenvalue weighted by atomic mass is 16.1. The molecule has 0 aromatic heterocycles. The first kappa shape index (κ1) is 20.2. The lowest BCUT2D eigenvalue weighted by molar-refractivity contribution is -0.105.